The predicted octanol–water partition coefficient (Wildman–Crippen LogP) is 1.90. The Balaban J connectivity index is 1.62. The van der Waals surface area contributed by atoms with Crippen molar-refractivity contribution >= 4 is 41.1 Å². The third-order valence-electron chi connectivity index (χ3n) is 4.58. The lowest BCUT2D eigenvalue weighted by molar-refractivity contribution is 0.0945. The van der Waals surface area contributed by atoms with Crippen LogP contribution in [0.25, 0.3) is 5.82 Å². The Bertz CT molecular complexity index is 1070. The fraction of sp³-hybridized carbons (Fsp3) is 0.294. The molecule has 11 nitrogen and oxygen atoms in total. The quantitative estimate of drug-likeness (QED) is 0.429. The number of hydrogen-bond donors (Lipinski definition) is 2. The monoisotopic (exact) mass is 449 g/mol. The minimum absolute atomic E-state index is 0.0203. The average molecular weight is 450 g/mol. The van der Waals surface area contributed by atoms with Crippen molar-refractivity contribution in [2.75, 3.05) is 18.8 Å². The van der Waals surface area contributed by atoms with Gasteiger partial charge in [-0.05, 0) is 48.4 Å². The van der Waals surface area contributed by atoms with Gasteiger partial charge in [0.05, 0.1) is 16.3 Å². The molecule has 0 radical (unpaired) electrons. The molecule has 1 aliphatic rings. The Labute approximate surface area is 180 Å². The SMILES string of the molecule is Nc1nonc1-n1nnc(CN2CCCC2)c1C(=O)N/N=C/c1c(Cl)cccc1Cl. The number of halogens is 2. The van der Waals surface area contributed by atoms with Gasteiger partial charge in [0.15, 0.2) is 5.69 Å². The van der Waals surface area contributed by atoms with E-state index in [1.165, 1.54) is 10.9 Å². The first-order valence-corrected chi connectivity index (χ1v) is 9.83. The minimum atomic E-state index is -0.559. The number of carbonyl (C=O) groups is 1. The fourth-order valence-electron chi connectivity index (χ4n) is 3.13. The van der Waals surface area contributed by atoms with Gasteiger partial charge in [-0.15, -0.1) is 5.10 Å². The van der Waals surface area contributed by atoms with E-state index in [4.69, 9.17) is 28.9 Å². The molecule has 0 bridgehead atoms. The molecule has 3 aromatic rings. The summed E-state index contributed by atoms with van der Waals surface area (Å²) in [5.74, 6) is -0.512. The molecule has 1 amide bonds. The number of nitrogens with zero attached hydrogens (tertiary/aromatic N) is 7. The maximum absolute atomic E-state index is 13.0. The third kappa shape index (κ3) is 4.13. The zero-order chi connectivity index (χ0) is 21.1. The number of nitrogen functional groups attached to an aromatic ring is 1. The Kier molecular flexibility index (Phi) is 5.93. The van der Waals surface area contributed by atoms with Crippen LogP contribution in [0.4, 0.5) is 5.82 Å². The Hall–Kier alpha value is -3.02. The fourth-order valence-corrected chi connectivity index (χ4v) is 3.62. The van der Waals surface area contributed by atoms with E-state index in [-0.39, 0.29) is 17.3 Å². The van der Waals surface area contributed by atoms with Gasteiger partial charge in [0.25, 0.3) is 5.91 Å². The lowest BCUT2D eigenvalue weighted by Gasteiger charge is -2.13. The Morgan fingerprint density at radius 2 is 2.00 bits per heavy atom. The molecular weight excluding hydrogens is 433 g/mol. The van der Waals surface area contributed by atoms with Crippen LogP contribution < -0.4 is 11.2 Å². The van der Waals surface area contributed by atoms with Crippen molar-refractivity contribution in [2.24, 2.45) is 5.10 Å². The van der Waals surface area contributed by atoms with Crippen molar-refractivity contribution in [3.8, 4) is 5.82 Å². The Morgan fingerprint density at radius 3 is 2.67 bits per heavy atom. The number of anilines is 1. The molecule has 30 heavy (non-hydrogen) atoms. The van der Waals surface area contributed by atoms with Gasteiger partial charge in [-0.2, -0.15) is 9.78 Å². The largest absolute Gasteiger partial charge is 0.378 e. The third-order valence-corrected chi connectivity index (χ3v) is 5.24. The highest BCUT2D eigenvalue weighted by atomic mass is 35.5. The normalized spacial score (nSPS) is 14.6. The van der Waals surface area contributed by atoms with Crippen molar-refractivity contribution in [3.05, 3.63) is 45.2 Å². The molecule has 13 heteroatoms. The predicted molar refractivity (Wildman–Crippen MR) is 110 cm³/mol. The van der Waals surface area contributed by atoms with Gasteiger partial charge in [-0.25, -0.2) is 10.1 Å². The van der Waals surface area contributed by atoms with E-state index in [1.807, 2.05) is 0 Å². The van der Waals surface area contributed by atoms with Crippen LogP contribution >= 0.6 is 23.2 Å². The molecule has 1 aromatic carbocycles. The minimum Gasteiger partial charge on any atom is -0.378 e. The molecule has 0 atom stereocenters. The first-order valence-electron chi connectivity index (χ1n) is 9.07. The van der Waals surface area contributed by atoms with Crippen LogP contribution in [0.2, 0.25) is 10.0 Å². The summed E-state index contributed by atoms with van der Waals surface area (Å²) < 4.78 is 5.81. The maximum atomic E-state index is 13.0. The van der Waals surface area contributed by atoms with E-state index in [2.05, 4.69) is 40.7 Å². The number of hydrogen-bond acceptors (Lipinski definition) is 9. The molecule has 3 heterocycles. The van der Waals surface area contributed by atoms with Gasteiger partial charge in [0, 0.05) is 12.1 Å². The van der Waals surface area contributed by atoms with E-state index in [9.17, 15) is 4.79 Å². The van der Waals surface area contributed by atoms with Gasteiger partial charge in [0.2, 0.25) is 11.6 Å². The zero-order valence-corrected chi connectivity index (χ0v) is 17.1. The standard InChI is InChI=1S/C17H17Cl2N9O2/c18-11-4-3-5-12(19)10(11)8-21-23-17(29)14-13(9-27-6-1-2-7-27)22-26-28(14)16-15(20)24-30-25-16/h3-5,8H,1-2,6-7,9H2,(H2,20,24)(H,23,29)/b21-8+. The van der Waals surface area contributed by atoms with E-state index in [0.29, 0.717) is 27.8 Å². The molecule has 0 unspecified atom stereocenters. The summed E-state index contributed by atoms with van der Waals surface area (Å²) in [6.07, 6.45) is 3.56. The van der Waals surface area contributed by atoms with E-state index < -0.39 is 5.91 Å². The van der Waals surface area contributed by atoms with E-state index in [1.54, 1.807) is 18.2 Å². The van der Waals surface area contributed by atoms with Crippen molar-refractivity contribution < 1.29 is 9.42 Å². The summed E-state index contributed by atoms with van der Waals surface area (Å²) in [6.45, 7) is 2.30. The number of aromatic nitrogens is 5. The lowest BCUT2D eigenvalue weighted by Crippen LogP contribution is -2.26. The Morgan fingerprint density at radius 1 is 1.27 bits per heavy atom. The number of benzene rings is 1. The molecule has 1 aliphatic heterocycles. The van der Waals surface area contributed by atoms with Crippen molar-refractivity contribution in [1.82, 2.24) is 35.6 Å². The number of hydrazone groups is 1. The van der Waals surface area contributed by atoms with Crippen LogP contribution in [0.1, 0.15) is 34.6 Å². The van der Waals surface area contributed by atoms with Gasteiger partial charge in [-0.1, -0.05) is 34.5 Å². The van der Waals surface area contributed by atoms with Crippen LogP contribution in [0, 0.1) is 0 Å². The molecule has 2 aromatic heterocycles. The molecule has 1 fully saturated rings. The van der Waals surface area contributed by atoms with Crippen molar-refractivity contribution in [3.63, 3.8) is 0 Å². The maximum Gasteiger partial charge on any atom is 0.292 e. The average Bonchev–Trinajstić information content (AvgIpc) is 3.46. The van der Waals surface area contributed by atoms with Gasteiger partial charge in [0.1, 0.15) is 5.69 Å². The molecule has 0 spiro atoms. The van der Waals surface area contributed by atoms with Crippen LogP contribution in [0.3, 0.4) is 0 Å². The number of carbonyl (C=O) groups excluding carboxylic acids is 1. The topological polar surface area (TPSA) is 140 Å². The number of likely N-dealkylation sites (tertiary alicyclic amines) is 1. The molecule has 4 rings (SSSR count). The summed E-state index contributed by atoms with van der Waals surface area (Å²) in [4.78, 5) is 15.1. The van der Waals surface area contributed by atoms with Crippen LogP contribution in [0.15, 0.2) is 27.9 Å². The van der Waals surface area contributed by atoms with Gasteiger partial charge in [-0.3, -0.25) is 9.69 Å². The number of amides is 1. The van der Waals surface area contributed by atoms with Gasteiger partial charge < -0.3 is 5.73 Å². The molecule has 0 aliphatic carbocycles. The summed E-state index contributed by atoms with van der Waals surface area (Å²) in [7, 11) is 0. The highest BCUT2D eigenvalue weighted by Gasteiger charge is 2.26. The highest BCUT2D eigenvalue weighted by Crippen LogP contribution is 2.22. The number of nitrogens with two attached hydrogens (primary N) is 1. The smallest absolute Gasteiger partial charge is 0.292 e. The summed E-state index contributed by atoms with van der Waals surface area (Å²) >= 11 is 12.2. The van der Waals surface area contributed by atoms with Gasteiger partial charge >= 0.3 is 0 Å². The van der Waals surface area contributed by atoms with E-state index in [0.717, 1.165) is 25.9 Å². The molecular formula is C17H17Cl2N9O2. The second-order valence-electron chi connectivity index (χ2n) is 6.59. The molecule has 0 saturated carbocycles. The summed E-state index contributed by atoms with van der Waals surface area (Å²) in [5.41, 5.74) is 9.29. The molecule has 3 N–H and O–H groups in total. The lowest BCUT2D eigenvalue weighted by atomic mass is 10.2. The van der Waals surface area contributed by atoms with Crippen molar-refractivity contribution in [1.29, 1.82) is 0 Å². The second kappa shape index (κ2) is 8.78. The molecule has 1 saturated heterocycles. The highest BCUT2D eigenvalue weighted by molar-refractivity contribution is 6.38. The summed E-state index contributed by atoms with van der Waals surface area (Å²) in [5, 5.41) is 20.2. The van der Waals surface area contributed by atoms with E-state index >= 15 is 0 Å². The first kappa shape index (κ1) is 20.3. The van der Waals surface area contributed by atoms with Crippen molar-refractivity contribution in [2.45, 2.75) is 19.4 Å². The first-order chi connectivity index (χ1) is 14.5. The number of nitrogens with one attached hydrogen (secondary N) is 1. The van der Waals surface area contributed by atoms with Crippen LogP contribution in [-0.4, -0.2) is 55.4 Å². The zero-order valence-electron chi connectivity index (χ0n) is 15.6. The van der Waals surface area contributed by atoms with Crippen LogP contribution in [0.5, 0.6) is 0 Å². The summed E-state index contributed by atoms with van der Waals surface area (Å²) in [6, 6.07) is 5.06. The second-order valence-corrected chi connectivity index (χ2v) is 7.40. The van der Waals surface area contributed by atoms with Crippen LogP contribution in [-0.2, 0) is 6.54 Å². The molecule has 156 valence electrons. The number of rotatable bonds is 6.